The summed E-state index contributed by atoms with van der Waals surface area (Å²) in [6, 6.07) is 17.0. The third-order valence-electron chi connectivity index (χ3n) is 5.34. The molecule has 0 fully saturated rings. The van der Waals surface area contributed by atoms with Crippen molar-refractivity contribution in [1.82, 2.24) is 5.32 Å². The zero-order valence-corrected chi connectivity index (χ0v) is 22.5. The van der Waals surface area contributed by atoms with Crippen molar-refractivity contribution in [3.63, 3.8) is 0 Å². The summed E-state index contributed by atoms with van der Waals surface area (Å²) >= 11 is 9.73. The number of nitrogens with one attached hydrogen (secondary N) is 1. The first-order chi connectivity index (χ1) is 16.0. The molecule has 0 aliphatic heterocycles. The van der Waals surface area contributed by atoms with E-state index in [1.807, 2.05) is 38.1 Å². The standard InChI is InChI=1S/C25H26BrClN2O4S/c1-16-8-11-23(33-4)24(12-16)34(31,32)29(21-10-9-17(2)22(27)14-21)15-25(30)28-18(3)19-6-5-7-20(26)13-19/h5-14,18H,15H2,1-4H3,(H,28,30). The van der Waals surface area contributed by atoms with Crippen molar-refractivity contribution in [1.29, 1.82) is 0 Å². The molecule has 0 saturated heterocycles. The van der Waals surface area contributed by atoms with E-state index < -0.39 is 22.5 Å². The van der Waals surface area contributed by atoms with Crippen LogP contribution in [-0.4, -0.2) is 28.0 Å². The minimum Gasteiger partial charge on any atom is -0.495 e. The molecular weight excluding hydrogens is 540 g/mol. The molecule has 3 rings (SSSR count). The van der Waals surface area contributed by atoms with E-state index in [1.54, 1.807) is 37.3 Å². The van der Waals surface area contributed by atoms with Gasteiger partial charge in [-0.05, 0) is 73.9 Å². The molecule has 3 aromatic carbocycles. The van der Waals surface area contributed by atoms with Crippen LogP contribution in [0.1, 0.15) is 29.7 Å². The number of amides is 1. The Morgan fingerprint density at radius 1 is 1.12 bits per heavy atom. The summed E-state index contributed by atoms with van der Waals surface area (Å²) in [5.41, 5.74) is 2.71. The lowest BCUT2D eigenvalue weighted by Gasteiger charge is -2.26. The lowest BCUT2D eigenvalue weighted by molar-refractivity contribution is -0.120. The number of nitrogens with zero attached hydrogens (tertiary/aromatic N) is 1. The smallest absolute Gasteiger partial charge is 0.268 e. The second-order valence-corrected chi connectivity index (χ2v) is 11.1. The number of carbonyl (C=O) groups is 1. The number of hydrogen-bond donors (Lipinski definition) is 1. The van der Waals surface area contributed by atoms with Crippen molar-refractivity contribution in [3.05, 3.63) is 86.8 Å². The SMILES string of the molecule is COc1ccc(C)cc1S(=O)(=O)N(CC(=O)NC(C)c1cccc(Br)c1)c1ccc(C)c(Cl)c1. The van der Waals surface area contributed by atoms with Gasteiger partial charge in [0.25, 0.3) is 10.0 Å². The predicted molar refractivity (Wildman–Crippen MR) is 139 cm³/mol. The van der Waals surface area contributed by atoms with Crippen molar-refractivity contribution in [3.8, 4) is 5.75 Å². The molecule has 34 heavy (non-hydrogen) atoms. The highest BCUT2D eigenvalue weighted by Gasteiger charge is 2.31. The van der Waals surface area contributed by atoms with Gasteiger partial charge in [-0.1, -0.05) is 51.8 Å². The minimum atomic E-state index is -4.17. The van der Waals surface area contributed by atoms with Gasteiger partial charge < -0.3 is 10.1 Å². The molecule has 6 nitrogen and oxygen atoms in total. The van der Waals surface area contributed by atoms with Crippen LogP contribution in [0.15, 0.2) is 70.0 Å². The summed E-state index contributed by atoms with van der Waals surface area (Å²) in [5.74, 6) is -0.268. The molecule has 3 aromatic rings. The third kappa shape index (κ3) is 5.92. The number of methoxy groups -OCH3 is 1. The molecule has 1 atom stereocenters. The number of ether oxygens (including phenoxy) is 1. The Kier molecular flexibility index (Phi) is 8.28. The molecule has 180 valence electrons. The molecule has 0 spiro atoms. The Hall–Kier alpha value is -2.55. The zero-order chi connectivity index (χ0) is 25.0. The molecule has 0 aliphatic rings. The van der Waals surface area contributed by atoms with E-state index in [2.05, 4.69) is 21.2 Å². The Labute approximate surface area is 214 Å². The molecule has 0 saturated carbocycles. The van der Waals surface area contributed by atoms with Crippen LogP contribution in [0.5, 0.6) is 5.75 Å². The molecule has 0 radical (unpaired) electrons. The molecule has 0 bridgehead atoms. The maximum atomic E-state index is 13.8. The Morgan fingerprint density at radius 3 is 2.50 bits per heavy atom. The number of anilines is 1. The monoisotopic (exact) mass is 564 g/mol. The maximum absolute atomic E-state index is 13.8. The van der Waals surface area contributed by atoms with E-state index in [1.165, 1.54) is 13.2 Å². The van der Waals surface area contributed by atoms with Gasteiger partial charge in [0.2, 0.25) is 5.91 Å². The molecule has 0 heterocycles. The second kappa shape index (κ2) is 10.8. The molecular formula is C25H26BrClN2O4S. The first kappa shape index (κ1) is 26.1. The van der Waals surface area contributed by atoms with Gasteiger partial charge in [-0.2, -0.15) is 0 Å². The summed E-state index contributed by atoms with van der Waals surface area (Å²) in [6.45, 7) is 5.01. The van der Waals surface area contributed by atoms with E-state index in [0.29, 0.717) is 5.02 Å². The number of carbonyl (C=O) groups excluding carboxylic acids is 1. The van der Waals surface area contributed by atoms with Gasteiger partial charge in [-0.3, -0.25) is 9.10 Å². The lowest BCUT2D eigenvalue weighted by atomic mass is 10.1. The van der Waals surface area contributed by atoms with Crippen LogP contribution in [0, 0.1) is 13.8 Å². The fourth-order valence-electron chi connectivity index (χ4n) is 3.43. The van der Waals surface area contributed by atoms with Crippen LogP contribution in [0.4, 0.5) is 5.69 Å². The normalized spacial score (nSPS) is 12.2. The quantitative estimate of drug-likeness (QED) is 0.375. The second-order valence-electron chi connectivity index (χ2n) is 7.94. The Balaban J connectivity index is 2.00. The molecule has 1 unspecified atom stereocenters. The maximum Gasteiger partial charge on any atom is 0.268 e. The van der Waals surface area contributed by atoms with Crippen molar-refractivity contribution < 1.29 is 17.9 Å². The number of halogens is 2. The van der Waals surface area contributed by atoms with Crippen LogP contribution in [0.3, 0.4) is 0 Å². The average molecular weight is 566 g/mol. The Bertz CT molecular complexity index is 1310. The summed E-state index contributed by atoms with van der Waals surface area (Å²) in [7, 11) is -2.76. The lowest BCUT2D eigenvalue weighted by Crippen LogP contribution is -2.41. The molecule has 0 aromatic heterocycles. The topological polar surface area (TPSA) is 75.7 Å². The van der Waals surface area contributed by atoms with Crippen LogP contribution in [0.25, 0.3) is 0 Å². The number of sulfonamides is 1. The number of hydrogen-bond acceptors (Lipinski definition) is 4. The average Bonchev–Trinajstić information content (AvgIpc) is 2.79. The van der Waals surface area contributed by atoms with E-state index >= 15 is 0 Å². The van der Waals surface area contributed by atoms with Gasteiger partial charge >= 0.3 is 0 Å². The van der Waals surface area contributed by atoms with Gasteiger partial charge in [-0.15, -0.1) is 0 Å². The fraction of sp³-hybridized carbons (Fsp3) is 0.240. The molecule has 0 aliphatic carbocycles. The van der Waals surface area contributed by atoms with Crippen LogP contribution in [-0.2, 0) is 14.8 Å². The van der Waals surface area contributed by atoms with Gasteiger partial charge in [0.15, 0.2) is 0 Å². The summed E-state index contributed by atoms with van der Waals surface area (Å²) in [5, 5.41) is 3.28. The molecule has 9 heteroatoms. The molecule has 1 N–H and O–H groups in total. The summed E-state index contributed by atoms with van der Waals surface area (Å²) in [6.07, 6.45) is 0. The highest BCUT2D eigenvalue weighted by atomic mass is 79.9. The fourth-order valence-corrected chi connectivity index (χ4v) is 5.68. The van der Waals surface area contributed by atoms with Crippen molar-refractivity contribution in [2.45, 2.75) is 31.7 Å². The van der Waals surface area contributed by atoms with Gasteiger partial charge in [0, 0.05) is 9.50 Å². The highest BCUT2D eigenvalue weighted by Crippen LogP contribution is 2.32. The summed E-state index contributed by atoms with van der Waals surface area (Å²) in [4.78, 5) is 13.0. The number of benzene rings is 3. The third-order valence-corrected chi connectivity index (χ3v) is 8.04. The highest BCUT2D eigenvalue weighted by molar-refractivity contribution is 9.10. The first-order valence-electron chi connectivity index (χ1n) is 10.5. The van der Waals surface area contributed by atoms with E-state index in [4.69, 9.17) is 16.3 Å². The summed E-state index contributed by atoms with van der Waals surface area (Å²) < 4.78 is 34.9. The van der Waals surface area contributed by atoms with Crippen molar-refractivity contribution in [2.24, 2.45) is 0 Å². The van der Waals surface area contributed by atoms with E-state index in [0.717, 1.165) is 25.5 Å². The molecule has 1 amide bonds. The van der Waals surface area contributed by atoms with Crippen LogP contribution < -0.4 is 14.4 Å². The first-order valence-corrected chi connectivity index (χ1v) is 13.1. The van der Waals surface area contributed by atoms with Crippen molar-refractivity contribution in [2.75, 3.05) is 18.0 Å². The predicted octanol–water partition coefficient (Wildman–Crippen LogP) is 5.80. The van der Waals surface area contributed by atoms with Gasteiger partial charge in [-0.25, -0.2) is 8.42 Å². The zero-order valence-electron chi connectivity index (χ0n) is 19.3. The van der Waals surface area contributed by atoms with Crippen LogP contribution in [0.2, 0.25) is 5.02 Å². The van der Waals surface area contributed by atoms with Gasteiger partial charge in [0.05, 0.1) is 18.8 Å². The van der Waals surface area contributed by atoms with E-state index in [9.17, 15) is 13.2 Å². The number of aryl methyl sites for hydroxylation is 2. The number of rotatable bonds is 8. The Morgan fingerprint density at radius 2 is 1.85 bits per heavy atom. The van der Waals surface area contributed by atoms with Crippen molar-refractivity contribution >= 4 is 49.1 Å². The van der Waals surface area contributed by atoms with Crippen LogP contribution >= 0.6 is 27.5 Å². The minimum absolute atomic E-state index is 0.0282. The van der Waals surface area contributed by atoms with E-state index in [-0.39, 0.29) is 22.4 Å². The van der Waals surface area contributed by atoms with Gasteiger partial charge in [0.1, 0.15) is 17.2 Å². The largest absolute Gasteiger partial charge is 0.495 e.